The number of carbonyl (C=O) groups excluding carboxylic acids is 1. The standard InChI is InChI=1S/C10H14N2O2S/c13-9(5-10(7-15)2-3-10)11-6-8-1-4-12-14-8/h1,4,15H,2-3,5-7H2,(H,11,13). The van der Waals surface area contributed by atoms with E-state index in [9.17, 15) is 4.79 Å². The molecule has 15 heavy (non-hydrogen) atoms. The van der Waals surface area contributed by atoms with Crippen LogP contribution >= 0.6 is 12.6 Å². The summed E-state index contributed by atoms with van der Waals surface area (Å²) in [5.41, 5.74) is 0.175. The predicted molar refractivity (Wildman–Crippen MR) is 58.5 cm³/mol. The zero-order valence-corrected chi connectivity index (χ0v) is 9.30. The molecule has 2 rings (SSSR count). The van der Waals surface area contributed by atoms with Crippen LogP contribution < -0.4 is 5.32 Å². The smallest absolute Gasteiger partial charge is 0.220 e. The van der Waals surface area contributed by atoms with Crippen LogP contribution in [0.4, 0.5) is 0 Å². The Morgan fingerprint density at radius 2 is 2.47 bits per heavy atom. The molecule has 1 heterocycles. The van der Waals surface area contributed by atoms with Crippen molar-refractivity contribution in [3.63, 3.8) is 0 Å². The van der Waals surface area contributed by atoms with Gasteiger partial charge < -0.3 is 9.84 Å². The first-order valence-corrected chi connectivity index (χ1v) is 5.64. The van der Waals surface area contributed by atoms with E-state index < -0.39 is 0 Å². The number of nitrogens with one attached hydrogen (secondary N) is 1. The highest BCUT2D eigenvalue weighted by molar-refractivity contribution is 7.80. The second-order valence-electron chi connectivity index (χ2n) is 4.09. The fourth-order valence-corrected chi connectivity index (χ4v) is 1.92. The monoisotopic (exact) mass is 226 g/mol. The van der Waals surface area contributed by atoms with E-state index in [-0.39, 0.29) is 11.3 Å². The van der Waals surface area contributed by atoms with Gasteiger partial charge in [0.2, 0.25) is 5.91 Å². The molecule has 0 radical (unpaired) electrons. The lowest BCUT2D eigenvalue weighted by molar-refractivity contribution is -0.122. The molecule has 1 aromatic heterocycles. The van der Waals surface area contributed by atoms with E-state index in [1.54, 1.807) is 12.3 Å². The predicted octanol–water partition coefficient (Wildman–Crippen LogP) is 1.39. The van der Waals surface area contributed by atoms with Crippen LogP contribution in [0.15, 0.2) is 16.8 Å². The zero-order valence-electron chi connectivity index (χ0n) is 8.40. The fourth-order valence-electron chi connectivity index (χ4n) is 1.49. The maximum Gasteiger partial charge on any atom is 0.220 e. The summed E-state index contributed by atoms with van der Waals surface area (Å²) in [6.45, 7) is 0.418. The molecule has 0 saturated heterocycles. The van der Waals surface area contributed by atoms with Crippen molar-refractivity contribution in [2.75, 3.05) is 5.75 Å². The van der Waals surface area contributed by atoms with Gasteiger partial charge in [0.1, 0.15) is 0 Å². The number of nitrogens with zero attached hydrogens (tertiary/aromatic N) is 1. The molecule has 4 nitrogen and oxygen atoms in total. The molecule has 0 aliphatic heterocycles. The van der Waals surface area contributed by atoms with Gasteiger partial charge in [-0.3, -0.25) is 4.79 Å². The summed E-state index contributed by atoms with van der Waals surface area (Å²) in [6.07, 6.45) is 4.38. The number of hydrogen-bond acceptors (Lipinski definition) is 4. The number of carbonyl (C=O) groups is 1. The number of rotatable bonds is 5. The third-order valence-electron chi connectivity index (χ3n) is 2.78. The molecule has 0 unspecified atom stereocenters. The van der Waals surface area contributed by atoms with Gasteiger partial charge in [-0.05, 0) is 24.0 Å². The SMILES string of the molecule is O=C(CC1(CS)CC1)NCc1ccno1. The number of hydrogen-bond donors (Lipinski definition) is 2. The van der Waals surface area contributed by atoms with E-state index in [2.05, 4.69) is 23.1 Å². The Morgan fingerprint density at radius 1 is 1.67 bits per heavy atom. The first kappa shape index (κ1) is 10.5. The normalized spacial score (nSPS) is 17.4. The molecule has 1 fully saturated rings. The second kappa shape index (κ2) is 4.26. The Hall–Kier alpha value is -0.970. The molecular formula is C10H14N2O2S. The number of aromatic nitrogens is 1. The van der Waals surface area contributed by atoms with Gasteiger partial charge >= 0.3 is 0 Å². The molecular weight excluding hydrogens is 212 g/mol. The Labute approximate surface area is 93.8 Å². The third-order valence-corrected chi connectivity index (χ3v) is 3.45. The largest absolute Gasteiger partial charge is 0.360 e. The van der Waals surface area contributed by atoms with E-state index in [1.165, 1.54) is 0 Å². The van der Waals surface area contributed by atoms with Crippen LogP contribution in [-0.4, -0.2) is 16.8 Å². The van der Waals surface area contributed by atoms with Crippen LogP contribution in [0.5, 0.6) is 0 Å². The van der Waals surface area contributed by atoms with Crippen molar-refractivity contribution in [1.29, 1.82) is 0 Å². The lowest BCUT2D eigenvalue weighted by Crippen LogP contribution is -2.26. The van der Waals surface area contributed by atoms with Gasteiger partial charge in [-0.15, -0.1) is 0 Å². The van der Waals surface area contributed by atoms with E-state index in [1.807, 2.05) is 0 Å². The van der Waals surface area contributed by atoms with Crippen molar-refractivity contribution in [2.45, 2.75) is 25.8 Å². The van der Waals surface area contributed by atoms with Gasteiger partial charge in [0.15, 0.2) is 5.76 Å². The fraction of sp³-hybridized carbons (Fsp3) is 0.600. The van der Waals surface area contributed by atoms with Gasteiger partial charge in [-0.1, -0.05) is 5.16 Å². The van der Waals surface area contributed by atoms with Gasteiger partial charge in [-0.25, -0.2) is 0 Å². The number of thiol groups is 1. The van der Waals surface area contributed by atoms with Crippen molar-refractivity contribution in [1.82, 2.24) is 10.5 Å². The average molecular weight is 226 g/mol. The molecule has 1 aromatic rings. The highest BCUT2D eigenvalue weighted by Crippen LogP contribution is 2.49. The van der Waals surface area contributed by atoms with E-state index in [0.717, 1.165) is 18.6 Å². The van der Waals surface area contributed by atoms with E-state index >= 15 is 0 Å². The van der Waals surface area contributed by atoms with Crippen LogP contribution in [0.25, 0.3) is 0 Å². The maximum absolute atomic E-state index is 11.5. The first-order chi connectivity index (χ1) is 7.24. The Bertz CT molecular complexity index is 333. The van der Waals surface area contributed by atoms with Crippen molar-refractivity contribution in [3.8, 4) is 0 Å². The first-order valence-electron chi connectivity index (χ1n) is 5.01. The molecule has 1 amide bonds. The minimum absolute atomic E-state index is 0.0675. The molecule has 1 aliphatic carbocycles. The molecule has 1 saturated carbocycles. The Balaban J connectivity index is 1.73. The zero-order chi connectivity index (χ0) is 10.7. The van der Waals surface area contributed by atoms with Crippen LogP contribution in [0.1, 0.15) is 25.0 Å². The van der Waals surface area contributed by atoms with Crippen LogP contribution in [-0.2, 0) is 11.3 Å². The lowest BCUT2D eigenvalue weighted by atomic mass is 10.1. The summed E-state index contributed by atoms with van der Waals surface area (Å²) in [6, 6.07) is 1.74. The maximum atomic E-state index is 11.5. The van der Waals surface area contributed by atoms with Crippen LogP contribution in [0.2, 0.25) is 0 Å². The average Bonchev–Trinajstić information content (AvgIpc) is 2.80. The molecule has 5 heteroatoms. The molecule has 0 atom stereocenters. The summed E-state index contributed by atoms with van der Waals surface area (Å²) >= 11 is 4.26. The van der Waals surface area contributed by atoms with Crippen LogP contribution in [0.3, 0.4) is 0 Å². The van der Waals surface area contributed by atoms with E-state index in [4.69, 9.17) is 4.52 Å². The quantitative estimate of drug-likeness (QED) is 0.746. The van der Waals surface area contributed by atoms with Gasteiger partial charge in [0.25, 0.3) is 0 Å². The summed E-state index contributed by atoms with van der Waals surface area (Å²) in [5, 5.41) is 6.37. The van der Waals surface area contributed by atoms with Gasteiger partial charge in [0.05, 0.1) is 12.7 Å². The van der Waals surface area contributed by atoms with Crippen LogP contribution in [0, 0.1) is 5.41 Å². The summed E-state index contributed by atoms with van der Waals surface area (Å²) in [4.78, 5) is 11.5. The minimum atomic E-state index is 0.0675. The molecule has 82 valence electrons. The highest BCUT2D eigenvalue weighted by Gasteiger charge is 2.42. The van der Waals surface area contributed by atoms with Crippen molar-refractivity contribution >= 4 is 18.5 Å². The lowest BCUT2D eigenvalue weighted by Gasteiger charge is -2.10. The highest BCUT2D eigenvalue weighted by atomic mass is 32.1. The number of amides is 1. The molecule has 0 aromatic carbocycles. The minimum Gasteiger partial charge on any atom is -0.360 e. The van der Waals surface area contributed by atoms with Crippen molar-refractivity contribution in [2.24, 2.45) is 5.41 Å². The molecule has 1 aliphatic rings. The Morgan fingerprint density at radius 3 is 3.00 bits per heavy atom. The van der Waals surface area contributed by atoms with Crippen molar-refractivity contribution in [3.05, 3.63) is 18.0 Å². The summed E-state index contributed by atoms with van der Waals surface area (Å²) in [7, 11) is 0. The second-order valence-corrected chi connectivity index (χ2v) is 4.41. The Kier molecular flexibility index (Phi) is 3.00. The molecule has 0 spiro atoms. The topological polar surface area (TPSA) is 55.1 Å². The summed E-state index contributed by atoms with van der Waals surface area (Å²) in [5.74, 6) is 1.54. The van der Waals surface area contributed by atoms with E-state index in [0.29, 0.717) is 18.7 Å². The van der Waals surface area contributed by atoms with Crippen molar-refractivity contribution < 1.29 is 9.32 Å². The molecule has 1 N–H and O–H groups in total. The third kappa shape index (κ3) is 2.75. The van der Waals surface area contributed by atoms with Gasteiger partial charge in [0, 0.05) is 12.5 Å². The summed E-state index contributed by atoms with van der Waals surface area (Å²) < 4.78 is 4.88. The molecule has 0 bridgehead atoms. The van der Waals surface area contributed by atoms with Gasteiger partial charge in [-0.2, -0.15) is 12.6 Å².